The Labute approximate surface area is 210 Å². The summed E-state index contributed by atoms with van der Waals surface area (Å²) in [7, 11) is 1.55. The van der Waals surface area contributed by atoms with E-state index in [9.17, 15) is 14.4 Å². The van der Waals surface area contributed by atoms with Crippen molar-refractivity contribution in [2.45, 2.75) is 12.8 Å². The van der Waals surface area contributed by atoms with E-state index in [0.717, 1.165) is 10.9 Å². The summed E-state index contributed by atoms with van der Waals surface area (Å²) in [6.45, 7) is 3.79. The summed E-state index contributed by atoms with van der Waals surface area (Å²) >= 11 is 0. The highest BCUT2D eigenvalue weighted by molar-refractivity contribution is 5.97. The van der Waals surface area contributed by atoms with Crippen LogP contribution in [0.15, 0.2) is 60.7 Å². The molecule has 1 fully saturated rings. The van der Waals surface area contributed by atoms with Crippen LogP contribution in [0.25, 0.3) is 10.9 Å². The van der Waals surface area contributed by atoms with Crippen molar-refractivity contribution < 1.29 is 23.9 Å². The Morgan fingerprint density at radius 1 is 0.972 bits per heavy atom. The van der Waals surface area contributed by atoms with Gasteiger partial charge in [-0.25, -0.2) is 9.78 Å². The number of benzene rings is 2. The lowest BCUT2D eigenvalue weighted by molar-refractivity contribution is -0.134. The van der Waals surface area contributed by atoms with Crippen molar-refractivity contribution in [3.63, 3.8) is 0 Å². The first-order valence-corrected chi connectivity index (χ1v) is 12.0. The van der Waals surface area contributed by atoms with Crippen LogP contribution < -0.4 is 10.1 Å². The molecule has 36 heavy (non-hydrogen) atoms. The summed E-state index contributed by atoms with van der Waals surface area (Å²) in [4.78, 5) is 46.4. The second-order valence-corrected chi connectivity index (χ2v) is 8.41. The van der Waals surface area contributed by atoms with Gasteiger partial charge in [0, 0.05) is 44.2 Å². The van der Waals surface area contributed by atoms with Crippen LogP contribution in [0.4, 0.5) is 4.79 Å². The quantitative estimate of drug-likeness (QED) is 0.546. The van der Waals surface area contributed by atoms with Crippen LogP contribution >= 0.6 is 0 Å². The molecule has 1 saturated heterocycles. The number of methoxy groups -OCH3 is 1. The van der Waals surface area contributed by atoms with Gasteiger partial charge in [-0.15, -0.1) is 0 Å². The third-order valence-corrected chi connectivity index (χ3v) is 6.21. The number of carbonyl (C=O) groups excluding carboxylic acids is 3. The number of nitrogens with one attached hydrogen (secondary N) is 1. The van der Waals surface area contributed by atoms with E-state index in [4.69, 9.17) is 9.47 Å². The van der Waals surface area contributed by atoms with E-state index in [1.807, 2.05) is 54.6 Å². The molecule has 0 spiro atoms. The van der Waals surface area contributed by atoms with E-state index in [1.165, 1.54) is 0 Å². The van der Waals surface area contributed by atoms with Gasteiger partial charge in [-0.1, -0.05) is 42.5 Å². The number of carbonyl (C=O) groups is 3. The van der Waals surface area contributed by atoms with Crippen molar-refractivity contribution in [2.24, 2.45) is 0 Å². The fraction of sp³-hybridized carbons (Fsp3) is 0.333. The first-order chi connectivity index (χ1) is 17.5. The lowest BCUT2D eigenvalue weighted by Gasteiger charge is -2.36. The van der Waals surface area contributed by atoms with E-state index in [1.54, 1.807) is 29.9 Å². The van der Waals surface area contributed by atoms with E-state index in [0.29, 0.717) is 44.1 Å². The van der Waals surface area contributed by atoms with Gasteiger partial charge in [0.15, 0.2) is 0 Å². The van der Waals surface area contributed by atoms with Crippen molar-refractivity contribution in [3.05, 3.63) is 71.9 Å². The van der Waals surface area contributed by atoms with Gasteiger partial charge in [0.2, 0.25) is 5.91 Å². The fourth-order valence-electron chi connectivity index (χ4n) is 4.29. The van der Waals surface area contributed by atoms with E-state index < -0.39 is 5.92 Å². The van der Waals surface area contributed by atoms with Crippen LogP contribution in [0.1, 0.15) is 28.9 Å². The lowest BCUT2D eigenvalue weighted by Crippen LogP contribution is -2.52. The molecule has 1 unspecified atom stereocenters. The van der Waals surface area contributed by atoms with Gasteiger partial charge in [-0.05, 0) is 24.6 Å². The Kier molecular flexibility index (Phi) is 7.99. The van der Waals surface area contributed by atoms with Gasteiger partial charge >= 0.3 is 6.09 Å². The summed E-state index contributed by atoms with van der Waals surface area (Å²) in [5, 5.41) is 3.70. The van der Waals surface area contributed by atoms with Gasteiger partial charge in [-0.2, -0.15) is 0 Å². The van der Waals surface area contributed by atoms with Crippen LogP contribution in [0.2, 0.25) is 0 Å². The summed E-state index contributed by atoms with van der Waals surface area (Å²) < 4.78 is 10.5. The molecule has 1 atom stereocenters. The number of ether oxygens (including phenoxy) is 2. The second kappa shape index (κ2) is 11.5. The molecule has 9 heteroatoms. The molecule has 3 amide bonds. The number of amides is 3. The lowest BCUT2D eigenvalue weighted by atomic mass is 9.97. The molecule has 4 rings (SSSR count). The van der Waals surface area contributed by atoms with Crippen LogP contribution in [0.3, 0.4) is 0 Å². The van der Waals surface area contributed by atoms with Crippen molar-refractivity contribution in [1.82, 2.24) is 20.1 Å². The Morgan fingerprint density at radius 2 is 1.64 bits per heavy atom. The maximum Gasteiger partial charge on any atom is 0.409 e. The molecule has 1 aliphatic heterocycles. The molecule has 3 aromatic rings. The van der Waals surface area contributed by atoms with Crippen molar-refractivity contribution in [2.75, 3.05) is 46.4 Å². The number of rotatable bonds is 7. The second-order valence-electron chi connectivity index (χ2n) is 8.41. The molecule has 0 saturated carbocycles. The first kappa shape index (κ1) is 25.0. The Morgan fingerprint density at radius 3 is 2.33 bits per heavy atom. The highest BCUT2D eigenvalue weighted by Gasteiger charge is 2.30. The number of hydrogen-bond acceptors (Lipinski definition) is 6. The standard InChI is InChI=1S/C27H30N4O5/c1-3-36-27(34)31-15-13-30(14-16-31)26(33)21(19-9-5-4-6-10-19)18-28-25(32)23-17-24(35-2)20-11-7-8-12-22(20)29-23/h4-12,17,21H,3,13-16,18H2,1-2H3,(H,28,32). The molecule has 0 aliphatic carbocycles. The molecule has 188 valence electrons. The van der Waals surface area contributed by atoms with E-state index in [2.05, 4.69) is 10.3 Å². The predicted octanol–water partition coefficient (Wildman–Crippen LogP) is 3.06. The fourth-order valence-corrected chi connectivity index (χ4v) is 4.29. The van der Waals surface area contributed by atoms with Crippen LogP contribution in [-0.2, 0) is 9.53 Å². The zero-order valence-corrected chi connectivity index (χ0v) is 20.5. The third kappa shape index (κ3) is 5.56. The van der Waals surface area contributed by atoms with Gasteiger partial charge in [0.1, 0.15) is 11.4 Å². The minimum absolute atomic E-state index is 0.103. The summed E-state index contributed by atoms with van der Waals surface area (Å²) in [5.41, 5.74) is 1.67. The third-order valence-electron chi connectivity index (χ3n) is 6.21. The number of fused-ring (bicyclic) bond motifs is 1. The van der Waals surface area contributed by atoms with Crippen molar-refractivity contribution >= 4 is 28.8 Å². The minimum atomic E-state index is -0.577. The van der Waals surface area contributed by atoms with Crippen molar-refractivity contribution in [1.29, 1.82) is 0 Å². The molecule has 1 N–H and O–H groups in total. The summed E-state index contributed by atoms with van der Waals surface area (Å²) in [5.74, 6) is -0.512. The monoisotopic (exact) mass is 490 g/mol. The molecule has 1 aromatic heterocycles. The van der Waals surface area contributed by atoms with Gasteiger partial charge < -0.3 is 24.6 Å². The SMILES string of the molecule is CCOC(=O)N1CCN(C(=O)C(CNC(=O)c2cc(OC)c3ccccc3n2)c2ccccc2)CC1. The molecule has 0 radical (unpaired) electrons. The smallest absolute Gasteiger partial charge is 0.409 e. The number of nitrogens with zero attached hydrogens (tertiary/aromatic N) is 3. The van der Waals surface area contributed by atoms with Gasteiger partial charge in [-0.3, -0.25) is 9.59 Å². The molecule has 0 bridgehead atoms. The Bertz CT molecular complexity index is 1230. The number of para-hydroxylation sites is 1. The number of pyridine rings is 1. The van der Waals surface area contributed by atoms with Crippen LogP contribution in [0.5, 0.6) is 5.75 Å². The normalized spacial score (nSPS) is 14.3. The van der Waals surface area contributed by atoms with Gasteiger partial charge in [0.05, 0.1) is 25.2 Å². The highest BCUT2D eigenvalue weighted by Crippen LogP contribution is 2.25. The van der Waals surface area contributed by atoms with Gasteiger partial charge in [0.25, 0.3) is 5.91 Å². The van der Waals surface area contributed by atoms with Crippen LogP contribution in [0, 0.1) is 0 Å². The molecule has 2 heterocycles. The largest absolute Gasteiger partial charge is 0.496 e. The first-order valence-electron chi connectivity index (χ1n) is 12.0. The molecular formula is C27H30N4O5. The van der Waals surface area contributed by atoms with Crippen molar-refractivity contribution in [3.8, 4) is 5.75 Å². The molecular weight excluding hydrogens is 460 g/mol. The molecule has 1 aliphatic rings. The zero-order valence-electron chi connectivity index (χ0n) is 20.5. The zero-order chi connectivity index (χ0) is 25.5. The van der Waals surface area contributed by atoms with Crippen LogP contribution in [-0.4, -0.2) is 79.1 Å². The predicted molar refractivity (Wildman–Crippen MR) is 135 cm³/mol. The Balaban J connectivity index is 1.48. The van der Waals surface area contributed by atoms with E-state index >= 15 is 0 Å². The topological polar surface area (TPSA) is 101 Å². The maximum absolute atomic E-state index is 13.5. The summed E-state index contributed by atoms with van der Waals surface area (Å²) in [6.07, 6.45) is -0.366. The minimum Gasteiger partial charge on any atom is -0.496 e. The number of piperazine rings is 1. The summed E-state index contributed by atoms with van der Waals surface area (Å²) in [6, 6.07) is 18.4. The number of hydrogen-bond donors (Lipinski definition) is 1. The molecule has 9 nitrogen and oxygen atoms in total. The maximum atomic E-state index is 13.5. The average Bonchev–Trinajstić information content (AvgIpc) is 2.93. The average molecular weight is 491 g/mol. The molecule has 2 aromatic carbocycles. The number of aromatic nitrogens is 1. The van der Waals surface area contributed by atoms with E-state index in [-0.39, 0.29) is 30.1 Å². The Hall–Kier alpha value is -4.14. The highest BCUT2D eigenvalue weighted by atomic mass is 16.6.